The van der Waals surface area contributed by atoms with Gasteiger partial charge >= 0.3 is 0 Å². The molecule has 2 aliphatic rings. The smallest absolute Gasteiger partial charge is 0.211 e. The Morgan fingerprint density at radius 2 is 2.17 bits per heavy atom. The molecule has 2 rings (SSSR count). The molecule has 2 atom stereocenters. The summed E-state index contributed by atoms with van der Waals surface area (Å²) in [6, 6.07) is 0. The second-order valence-electron chi connectivity index (χ2n) is 5.49. The number of Topliss-reactive ketones (excluding diaryl/α,β-unsaturated/α-hetero) is 1. The van der Waals surface area contributed by atoms with E-state index < -0.39 is 10.0 Å². The molecule has 6 heteroatoms. The molecular formula is C12H22N2O3S. The quantitative estimate of drug-likeness (QED) is 0.797. The van der Waals surface area contributed by atoms with Crippen LogP contribution in [-0.2, 0) is 14.8 Å². The summed E-state index contributed by atoms with van der Waals surface area (Å²) in [4.78, 5) is 12.1. The van der Waals surface area contributed by atoms with E-state index in [0.717, 1.165) is 32.4 Å². The van der Waals surface area contributed by atoms with Crippen LogP contribution < -0.4 is 5.32 Å². The maximum Gasteiger partial charge on any atom is 0.211 e. The molecule has 0 bridgehead atoms. The highest BCUT2D eigenvalue weighted by molar-refractivity contribution is 7.88. The summed E-state index contributed by atoms with van der Waals surface area (Å²) in [6.07, 6.45) is 4.56. The minimum atomic E-state index is -3.10. The second kappa shape index (κ2) is 5.67. The van der Waals surface area contributed by atoms with Crippen LogP contribution in [0.3, 0.4) is 0 Å². The highest BCUT2D eigenvalue weighted by Gasteiger charge is 2.30. The van der Waals surface area contributed by atoms with E-state index in [4.69, 9.17) is 0 Å². The van der Waals surface area contributed by atoms with E-state index in [2.05, 4.69) is 5.32 Å². The number of rotatable bonds is 4. The summed E-state index contributed by atoms with van der Waals surface area (Å²) in [7, 11) is -3.10. The third-order valence-corrected chi connectivity index (χ3v) is 5.23. The van der Waals surface area contributed by atoms with Gasteiger partial charge in [0.15, 0.2) is 0 Å². The molecule has 0 radical (unpaired) electrons. The fourth-order valence-corrected chi connectivity index (χ4v) is 3.82. The molecule has 0 saturated carbocycles. The molecule has 0 spiro atoms. The van der Waals surface area contributed by atoms with Gasteiger partial charge in [-0.25, -0.2) is 12.7 Å². The third-order valence-electron chi connectivity index (χ3n) is 3.96. The average molecular weight is 274 g/mol. The Kier molecular flexibility index (Phi) is 4.40. The highest BCUT2D eigenvalue weighted by Crippen LogP contribution is 2.24. The zero-order valence-electron chi connectivity index (χ0n) is 10.9. The SMILES string of the molecule is CS(=O)(=O)N1CCCC(CC(=O)C2CCNC2)C1. The molecule has 5 nitrogen and oxygen atoms in total. The number of hydrogen-bond acceptors (Lipinski definition) is 4. The van der Waals surface area contributed by atoms with Crippen molar-refractivity contribution in [3.05, 3.63) is 0 Å². The van der Waals surface area contributed by atoms with E-state index >= 15 is 0 Å². The van der Waals surface area contributed by atoms with Gasteiger partial charge in [0.2, 0.25) is 10.0 Å². The molecule has 0 aromatic heterocycles. The van der Waals surface area contributed by atoms with Crippen molar-refractivity contribution in [2.24, 2.45) is 11.8 Å². The van der Waals surface area contributed by atoms with Crippen molar-refractivity contribution in [2.75, 3.05) is 32.4 Å². The number of nitrogens with one attached hydrogen (secondary N) is 1. The minimum absolute atomic E-state index is 0.151. The summed E-state index contributed by atoms with van der Waals surface area (Å²) in [5.74, 6) is 0.667. The van der Waals surface area contributed by atoms with Gasteiger partial charge in [-0.3, -0.25) is 4.79 Å². The molecule has 0 aliphatic carbocycles. The van der Waals surface area contributed by atoms with Gasteiger partial charge in [-0.05, 0) is 31.7 Å². The summed E-state index contributed by atoms with van der Waals surface area (Å²) >= 11 is 0. The van der Waals surface area contributed by atoms with Crippen molar-refractivity contribution in [1.82, 2.24) is 9.62 Å². The van der Waals surface area contributed by atoms with Crippen molar-refractivity contribution >= 4 is 15.8 Å². The monoisotopic (exact) mass is 274 g/mol. The van der Waals surface area contributed by atoms with Gasteiger partial charge in [0.1, 0.15) is 5.78 Å². The van der Waals surface area contributed by atoms with E-state index in [1.54, 1.807) is 0 Å². The standard InChI is InChI=1S/C12H22N2O3S/c1-18(16,17)14-6-2-3-10(9-14)7-12(15)11-4-5-13-8-11/h10-11,13H,2-9H2,1H3. The first-order valence-corrected chi connectivity index (χ1v) is 8.50. The van der Waals surface area contributed by atoms with E-state index in [-0.39, 0.29) is 11.8 Å². The fraction of sp³-hybridized carbons (Fsp3) is 0.917. The van der Waals surface area contributed by atoms with Gasteiger partial charge in [0.25, 0.3) is 0 Å². The van der Waals surface area contributed by atoms with Gasteiger partial charge in [0, 0.05) is 32.0 Å². The van der Waals surface area contributed by atoms with Gasteiger partial charge in [-0.2, -0.15) is 0 Å². The Morgan fingerprint density at radius 1 is 1.39 bits per heavy atom. The summed E-state index contributed by atoms with van der Waals surface area (Å²) < 4.78 is 24.5. The van der Waals surface area contributed by atoms with Crippen LogP contribution in [0.2, 0.25) is 0 Å². The molecule has 2 unspecified atom stereocenters. The van der Waals surface area contributed by atoms with Crippen LogP contribution >= 0.6 is 0 Å². The van der Waals surface area contributed by atoms with Crippen LogP contribution in [0.4, 0.5) is 0 Å². The van der Waals surface area contributed by atoms with Crippen molar-refractivity contribution in [1.29, 1.82) is 0 Å². The number of carbonyl (C=O) groups is 1. The maximum atomic E-state index is 12.1. The Hall–Kier alpha value is -0.460. The van der Waals surface area contributed by atoms with Crippen molar-refractivity contribution < 1.29 is 13.2 Å². The summed E-state index contributed by atoms with van der Waals surface area (Å²) in [5, 5.41) is 3.20. The first-order chi connectivity index (χ1) is 8.47. The number of nitrogens with zero attached hydrogens (tertiary/aromatic N) is 1. The third kappa shape index (κ3) is 3.52. The van der Waals surface area contributed by atoms with Crippen molar-refractivity contribution in [3.63, 3.8) is 0 Å². The number of piperidine rings is 1. The lowest BCUT2D eigenvalue weighted by Gasteiger charge is -2.31. The predicted molar refractivity (Wildman–Crippen MR) is 69.7 cm³/mol. The topological polar surface area (TPSA) is 66.5 Å². The first-order valence-electron chi connectivity index (χ1n) is 6.65. The average Bonchev–Trinajstić information content (AvgIpc) is 2.81. The van der Waals surface area contributed by atoms with Gasteiger partial charge in [0.05, 0.1) is 6.26 Å². The van der Waals surface area contributed by atoms with Crippen LogP contribution in [0.5, 0.6) is 0 Å². The lowest BCUT2D eigenvalue weighted by Crippen LogP contribution is -2.40. The van der Waals surface area contributed by atoms with Crippen LogP contribution in [0.1, 0.15) is 25.7 Å². The van der Waals surface area contributed by atoms with Gasteiger partial charge in [-0.15, -0.1) is 0 Å². The molecule has 2 aliphatic heterocycles. The number of carbonyl (C=O) groups excluding carboxylic acids is 1. The molecule has 18 heavy (non-hydrogen) atoms. The molecule has 0 aromatic carbocycles. The number of hydrogen-bond donors (Lipinski definition) is 1. The van der Waals surface area contributed by atoms with Crippen LogP contribution in [0.25, 0.3) is 0 Å². The van der Waals surface area contributed by atoms with Crippen LogP contribution in [0, 0.1) is 11.8 Å². The maximum absolute atomic E-state index is 12.1. The minimum Gasteiger partial charge on any atom is -0.316 e. The predicted octanol–water partition coefficient (Wildman–Crippen LogP) is 0.227. The molecule has 0 aromatic rings. The molecule has 2 heterocycles. The normalized spacial score (nSPS) is 30.5. The number of sulfonamides is 1. The summed E-state index contributed by atoms with van der Waals surface area (Å²) in [6.45, 7) is 2.84. The Morgan fingerprint density at radius 3 is 2.78 bits per heavy atom. The zero-order valence-corrected chi connectivity index (χ0v) is 11.7. The van der Waals surface area contributed by atoms with E-state index in [1.165, 1.54) is 10.6 Å². The van der Waals surface area contributed by atoms with E-state index in [1.807, 2.05) is 0 Å². The van der Waals surface area contributed by atoms with Crippen LogP contribution in [-0.4, -0.2) is 50.9 Å². The summed E-state index contributed by atoms with van der Waals surface area (Å²) in [5.41, 5.74) is 0. The largest absolute Gasteiger partial charge is 0.316 e. The molecule has 2 saturated heterocycles. The van der Waals surface area contributed by atoms with E-state index in [0.29, 0.717) is 25.3 Å². The Bertz CT molecular complexity index is 402. The zero-order chi connectivity index (χ0) is 13.2. The van der Waals surface area contributed by atoms with Crippen molar-refractivity contribution in [3.8, 4) is 0 Å². The number of ketones is 1. The van der Waals surface area contributed by atoms with Gasteiger partial charge < -0.3 is 5.32 Å². The van der Waals surface area contributed by atoms with Gasteiger partial charge in [-0.1, -0.05) is 0 Å². The van der Waals surface area contributed by atoms with Crippen molar-refractivity contribution in [2.45, 2.75) is 25.7 Å². The molecule has 1 N–H and O–H groups in total. The van der Waals surface area contributed by atoms with E-state index in [9.17, 15) is 13.2 Å². The first kappa shape index (κ1) is 14.0. The molecule has 0 amide bonds. The fourth-order valence-electron chi connectivity index (χ4n) is 2.88. The lowest BCUT2D eigenvalue weighted by molar-refractivity contribution is -0.123. The Labute approximate surface area is 109 Å². The van der Waals surface area contributed by atoms with Crippen LogP contribution in [0.15, 0.2) is 0 Å². The molecular weight excluding hydrogens is 252 g/mol. The molecule has 104 valence electrons. The lowest BCUT2D eigenvalue weighted by atomic mass is 9.89. The molecule has 2 fully saturated rings. The highest BCUT2D eigenvalue weighted by atomic mass is 32.2. The Balaban J connectivity index is 1.87. The second-order valence-corrected chi connectivity index (χ2v) is 7.47.